The zero-order chi connectivity index (χ0) is 34.4. The Morgan fingerprint density at radius 3 is 1.71 bits per heavy atom. The number of esters is 1. The van der Waals surface area contributed by atoms with Crippen molar-refractivity contribution in [3.05, 3.63) is 122 Å². The molecule has 0 saturated heterocycles. The summed E-state index contributed by atoms with van der Waals surface area (Å²) in [6.07, 6.45) is 7.47. The van der Waals surface area contributed by atoms with Crippen molar-refractivity contribution in [3.63, 3.8) is 0 Å². The number of hydrogen-bond donors (Lipinski definition) is 0. The molecular formula is C37H38N10O2. The molecule has 0 N–H and O–H groups in total. The van der Waals surface area contributed by atoms with E-state index < -0.39 is 5.60 Å². The minimum Gasteiger partial charge on any atom is -0.460 e. The van der Waals surface area contributed by atoms with E-state index in [0.29, 0.717) is 18.0 Å². The largest absolute Gasteiger partial charge is 0.460 e. The fourth-order valence-corrected chi connectivity index (χ4v) is 5.27. The number of carbonyl (C=O) groups is 1. The van der Waals surface area contributed by atoms with Gasteiger partial charge in [-0.15, -0.1) is 0 Å². The molecule has 12 nitrogen and oxygen atoms in total. The molecule has 0 aliphatic rings. The lowest BCUT2D eigenvalue weighted by molar-refractivity contribution is -0.154. The third-order valence-electron chi connectivity index (χ3n) is 7.64. The standard InChI is InChI=1S/C19H23N5O2.C18H15N5/c1-19(2,3)26-16(25)11-10-14-12-22-24-17(14)20-13-21-18(24)23(4)15-8-6-5-7-9-15;1-22(15-10-6-3-7-11-15)18-20-13-19-17-16(12-21-23(17)18)14-8-4-2-5-9-14/h5-9,12-13H,10-11H2,1-4H3;2-13H,1H3. The van der Waals surface area contributed by atoms with Gasteiger partial charge < -0.3 is 14.5 Å². The zero-order valence-corrected chi connectivity index (χ0v) is 28.2. The lowest BCUT2D eigenvalue weighted by Crippen LogP contribution is -2.24. The van der Waals surface area contributed by atoms with E-state index in [0.717, 1.165) is 39.7 Å². The first-order valence-electron chi connectivity index (χ1n) is 15.9. The SMILES string of the molecule is CN(c1ccccc1)c1ncnc2c(-c3ccccc3)cnn12.CN(c1ccccc1)c1ncnc2c(CCC(=O)OC(C)(C)C)cnn12. The highest BCUT2D eigenvalue weighted by atomic mass is 16.6. The number of para-hydroxylation sites is 2. The molecule has 0 spiro atoms. The van der Waals surface area contributed by atoms with Gasteiger partial charge in [0, 0.05) is 43.0 Å². The number of rotatable bonds is 8. The number of anilines is 4. The van der Waals surface area contributed by atoms with Crippen LogP contribution in [0.1, 0.15) is 32.8 Å². The van der Waals surface area contributed by atoms with E-state index >= 15 is 0 Å². The molecule has 248 valence electrons. The number of benzene rings is 3. The smallest absolute Gasteiger partial charge is 0.306 e. The molecule has 0 atom stereocenters. The molecule has 0 aliphatic heterocycles. The van der Waals surface area contributed by atoms with Crippen molar-refractivity contribution in [2.24, 2.45) is 0 Å². The third kappa shape index (κ3) is 7.54. The minimum atomic E-state index is -0.480. The van der Waals surface area contributed by atoms with Crippen LogP contribution in [0.4, 0.5) is 23.3 Å². The number of aryl methyl sites for hydroxylation is 1. The highest BCUT2D eigenvalue weighted by molar-refractivity contribution is 5.78. The van der Waals surface area contributed by atoms with E-state index in [1.807, 2.05) is 130 Å². The first-order valence-corrected chi connectivity index (χ1v) is 15.9. The summed E-state index contributed by atoms with van der Waals surface area (Å²) in [4.78, 5) is 33.4. The van der Waals surface area contributed by atoms with Crippen molar-refractivity contribution in [3.8, 4) is 11.1 Å². The van der Waals surface area contributed by atoms with Gasteiger partial charge in [-0.05, 0) is 57.0 Å². The predicted molar refractivity (Wildman–Crippen MR) is 190 cm³/mol. The molecule has 0 aliphatic carbocycles. The molecule has 0 saturated carbocycles. The van der Waals surface area contributed by atoms with Crippen molar-refractivity contribution in [1.82, 2.24) is 39.2 Å². The number of carbonyl (C=O) groups excluding carboxylic acids is 1. The minimum absolute atomic E-state index is 0.229. The summed E-state index contributed by atoms with van der Waals surface area (Å²) in [5.74, 6) is 1.15. The summed E-state index contributed by atoms with van der Waals surface area (Å²) < 4.78 is 8.83. The Labute approximate surface area is 284 Å². The van der Waals surface area contributed by atoms with Gasteiger partial charge in [-0.3, -0.25) is 4.79 Å². The molecule has 12 heteroatoms. The Bertz CT molecular complexity index is 2140. The van der Waals surface area contributed by atoms with Gasteiger partial charge in [0.1, 0.15) is 18.3 Å². The summed E-state index contributed by atoms with van der Waals surface area (Å²) in [5.41, 5.74) is 6.03. The lowest BCUT2D eigenvalue weighted by Gasteiger charge is -2.19. The van der Waals surface area contributed by atoms with Crippen LogP contribution in [0.25, 0.3) is 22.4 Å². The normalized spacial score (nSPS) is 11.2. The molecule has 3 aromatic carbocycles. The van der Waals surface area contributed by atoms with Gasteiger partial charge in [0.2, 0.25) is 11.9 Å². The summed E-state index contributed by atoms with van der Waals surface area (Å²) >= 11 is 0. The highest BCUT2D eigenvalue weighted by Gasteiger charge is 2.19. The number of nitrogens with zero attached hydrogens (tertiary/aromatic N) is 10. The Kier molecular flexibility index (Phi) is 9.56. The van der Waals surface area contributed by atoms with Crippen molar-refractivity contribution in [2.75, 3.05) is 23.9 Å². The molecule has 4 aromatic heterocycles. The van der Waals surface area contributed by atoms with E-state index in [1.54, 1.807) is 21.6 Å². The quantitative estimate of drug-likeness (QED) is 0.163. The van der Waals surface area contributed by atoms with Gasteiger partial charge in [-0.25, -0.2) is 19.9 Å². The molecule has 7 rings (SSSR count). The molecule has 4 heterocycles. The predicted octanol–water partition coefficient (Wildman–Crippen LogP) is 6.73. The molecule has 0 unspecified atom stereocenters. The van der Waals surface area contributed by atoms with Crippen LogP contribution in [0, 0.1) is 0 Å². The van der Waals surface area contributed by atoms with Gasteiger partial charge in [-0.2, -0.15) is 19.2 Å². The van der Waals surface area contributed by atoms with E-state index in [4.69, 9.17) is 4.74 Å². The molecule has 49 heavy (non-hydrogen) atoms. The number of aromatic nitrogens is 8. The topological polar surface area (TPSA) is 119 Å². The molecule has 7 aromatic rings. The van der Waals surface area contributed by atoms with Crippen LogP contribution in [0.3, 0.4) is 0 Å². The van der Waals surface area contributed by atoms with Gasteiger partial charge in [-0.1, -0.05) is 66.7 Å². The van der Waals surface area contributed by atoms with Gasteiger partial charge >= 0.3 is 5.97 Å². The molecule has 0 amide bonds. The Morgan fingerprint density at radius 2 is 1.16 bits per heavy atom. The maximum Gasteiger partial charge on any atom is 0.306 e. The van der Waals surface area contributed by atoms with E-state index in [2.05, 4.69) is 42.3 Å². The first kappa shape index (κ1) is 32.8. The molecule has 0 fully saturated rings. The van der Waals surface area contributed by atoms with Crippen LogP contribution in [-0.4, -0.2) is 64.8 Å². The van der Waals surface area contributed by atoms with Gasteiger partial charge in [0.15, 0.2) is 11.3 Å². The van der Waals surface area contributed by atoms with E-state index in [1.165, 1.54) is 6.33 Å². The van der Waals surface area contributed by atoms with Crippen LogP contribution in [0.15, 0.2) is 116 Å². The van der Waals surface area contributed by atoms with E-state index in [-0.39, 0.29) is 12.4 Å². The van der Waals surface area contributed by atoms with Crippen LogP contribution in [-0.2, 0) is 16.0 Å². The maximum absolute atomic E-state index is 12.0. The fourth-order valence-electron chi connectivity index (χ4n) is 5.27. The summed E-state index contributed by atoms with van der Waals surface area (Å²) in [7, 11) is 3.90. The molecular weight excluding hydrogens is 616 g/mol. The Morgan fingerprint density at radius 1 is 0.673 bits per heavy atom. The first-order chi connectivity index (χ1) is 23.7. The zero-order valence-electron chi connectivity index (χ0n) is 28.2. The van der Waals surface area contributed by atoms with Crippen molar-refractivity contribution >= 4 is 40.5 Å². The highest BCUT2D eigenvalue weighted by Crippen LogP contribution is 2.27. The summed E-state index contributed by atoms with van der Waals surface area (Å²) in [5, 5.41) is 8.91. The number of ether oxygens (including phenoxy) is 1. The Hall–Kier alpha value is -6.17. The van der Waals surface area contributed by atoms with Crippen molar-refractivity contribution < 1.29 is 9.53 Å². The second-order valence-electron chi connectivity index (χ2n) is 12.3. The molecule has 0 radical (unpaired) electrons. The monoisotopic (exact) mass is 654 g/mol. The number of hydrogen-bond acceptors (Lipinski definition) is 10. The Balaban J connectivity index is 0.000000171. The average Bonchev–Trinajstić information content (AvgIpc) is 3.75. The maximum atomic E-state index is 12.0. The molecule has 0 bridgehead atoms. The van der Waals surface area contributed by atoms with Gasteiger partial charge in [0.25, 0.3) is 0 Å². The number of fused-ring (bicyclic) bond motifs is 2. The summed E-state index contributed by atoms with van der Waals surface area (Å²) in [6.45, 7) is 5.58. The second kappa shape index (κ2) is 14.3. The van der Waals surface area contributed by atoms with Gasteiger partial charge in [0.05, 0.1) is 12.4 Å². The van der Waals surface area contributed by atoms with Crippen molar-refractivity contribution in [1.29, 1.82) is 0 Å². The fraction of sp³-hybridized carbons (Fsp3) is 0.216. The third-order valence-corrected chi connectivity index (χ3v) is 7.64. The lowest BCUT2D eigenvalue weighted by atomic mass is 10.1. The van der Waals surface area contributed by atoms with Crippen LogP contribution in [0.2, 0.25) is 0 Å². The van der Waals surface area contributed by atoms with E-state index in [9.17, 15) is 4.79 Å². The van der Waals surface area contributed by atoms with Crippen LogP contribution in [0.5, 0.6) is 0 Å². The van der Waals surface area contributed by atoms with Crippen molar-refractivity contribution in [2.45, 2.75) is 39.2 Å². The summed E-state index contributed by atoms with van der Waals surface area (Å²) in [6, 6.07) is 30.1. The van der Waals surface area contributed by atoms with Crippen LogP contribution < -0.4 is 9.80 Å². The second-order valence-corrected chi connectivity index (χ2v) is 12.3. The van der Waals surface area contributed by atoms with Crippen LogP contribution >= 0.6 is 0 Å². The average molecular weight is 655 g/mol.